The summed E-state index contributed by atoms with van der Waals surface area (Å²) in [5.41, 5.74) is 1.59. The minimum atomic E-state index is -0.639. The number of aliphatic hydroxyl groups excluding tert-OH is 1. The van der Waals surface area contributed by atoms with Gasteiger partial charge < -0.3 is 14.9 Å². The maximum Gasteiger partial charge on any atom is 0.0634 e. The van der Waals surface area contributed by atoms with E-state index in [2.05, 4.69) is 19.9 Å². The Hall–Kier alpha value is -0.380. The minimum Gasteiger partial charge on any atom is -0.393 e. The van der Waals surface area contributed by atoms with Crippen LogP contribution in [-0.4, -0.2) is 34.6 Å². The highest BCUT2D eigenvalue weighted by Gasteiger charge is 2.60. The topological polar surface area (TPSA) is 49.7 Å². The van der Waals surface area contributed by atoms with E-state index in [1.54, 1.807) is 5.57 Å². The fourth-order valence-corrected chi connectivity index (χ4v) is 7.77. The molecule has 0 radical (unpaired) electrons. The second-order valence-electron chi connectivity index (χ2n) is 11.3. The quantitative estimate of drug-likeness (QED) is 0.631. The van der Waals surface area contributed by atoms with Crippen LogP contribution in [0.5, 0.6) is 0 Å². The Kier molecular flexibility index (Phi) is 5.51. The first-order chi connectivity index (χ1) is 13.2. The summed E-state index contributed by atoms with van der Waals surface area (Å²) in [7, 11) is 0. The van der Waals surface area contributed by atoms with Crippen molar-refractivity contribution in [1.29, 1.82) is 0 Å². The molecule has 160 valence electrons. The third-order valence-electron chi connectivity index (χ3n) is 9.41. The molecule has 0 aromatic carbocycles. The highest BCUT2D eigenvalue weighted by atomic mass is 16.5. The Morgan fingerprint density at radius 1 is 1.14 bits per heavy atom. The van der Waals surface area contributed by atoms with E-state index >= 15 is 0 Å². The third kappa shape index (κ3) is 3.40. The molecule has 0 aliphatic heterocycles. The molecule has 7 atom stereocenters. The summed E-state index contributed by atoms with van der Waals surface area (Å²) >= 11 is 0. The van der Waals surface area contributed by atoms with Crippen LogP contribution in [0.25, 0.3) is 0 Å². The molecule has 3 heteroatoms. The molecule has 4 rings (SSSR count). The number of ether oxygens (including phenoxy) is 1. The van der Waals surface area contributed by atoms with Crippen molar-refractivity contribution < 1.29 is 14.9 Å². The molecule has 4 aliphatic rings. The molecule has 3 nitrogen and oxygen atoms in total. The van der Waals surface area contributed by atoms with Crippen LogP contribution in [-0.2, 0) is 4.74 Å². The summed E-state index contributed by atoms with van der Waals surface area (Å²) < 4.78 is 6.46. The minimum absolute atomic E-state index is 0.116. The van der Waals surface area contributed by atoms with Crippen molar-refractivity contribution in [2.45, 2.75) is 110 Å². The van der Waals surface area contributed by atoms with E-state index in [4.69, 9.17) is 4.74 Å². The third-order valence-corrected chi connectivity index (χ3v) is 9.41. The van der Waals surface area contributed by atoms with E-state index < -0.39 is 5.60 Å². The molecule has 3 fully saturated rings. The van der Waals surface area contributed by atoms with Gasteiger partial charge in [-0.1, -0.05) is 25.5 Å². The van der Waals surface area contributed by atoms with E-state index in [1.165, 1.54) is 44.9 Å². The number of hydrogen-bond acceptors (Lipinski definition) is 3. The smallest absolute Gasteiger partial charge is 0.0634 e. The Morgan fingerprint density at radius 3 is 2.64 bits per heavy atom. The van der Waals surface area contributed by atoms with Crippen molar-refractivity contribution in [3.63, 3.8) is 0 Å². The second-order valence-corrected chi connectivity index (χ2v) is 11.3. The van der Waals surface area contributed by atoms with Crippen LogP contribution in [0.15, 0.2) is 11.6 Å². The molecule has 7 unspecified atom stereocenters. The van der Waals surface area contributed by atoms with Crippen molar-refractivity contribution in [2.24, 2.45) is 28.6 Å². The Labute approximate surface area is 171 Å². The molecule has 2 N–H and O–H groups in total. The van der Waals surface area contributed by atoms with Gasteiger partial charge in [0.25, 0.3) is 0 Å². The van der Waals surface area contributed by atoms with Crippen LogP contribution in [0.2, 0.25) is 0 Å². The maximum absolute atomic E-state index is 10.2. The van der Waals surface area contributed by atoms with Crippen LogP contribution in [0, 0.1) is 28.6 Å². The number of fused-ring (bicyclic) bond motifs is 5. The maximum atomic E-state index is 10.2. The van der Waals surface area contributed by atoms with Crippen molar-refractivity contribution in [3.05, 3.63) is 11.6 Å². The number of aliphatic hydroxyl groups is 2. The molecule has 3 saturated carbocycles. The molecule has 28 heavy (non-hydrogen) atoms. The number of hydrogen-bond donors (Lipinski definition) is 2. The van der Waals surface area contributed by atoms with Gasteiger partial charge in [-0.05, 0) is 107 Å². The predicted molar refractivity (Wildman–Crippen MR) is 113 cm³/mol. The normalized spacial score (nSPS) is 45.8. The van der Waals surface area contributed by atoms with Gasteiger partial charge in [-0.15, -0.1) is 0 Å². The first kappa shape index (κ1) is 20.9. The van der Waals surface area contributed by atoms with Gasteiger partial charge in [0.05, 0.1) is 17.8 Å². The average Bonchev–Trinajstić information content (AvgIpc) is 3.00. The fourth-order valence-electron chi connectivity index (χ4n) is 7.77. The molecule has 0 heterocycles. The molecule has 0 aromatic heterocycles. The second kappa shape index (κ2) is 7.39. The average molecular weight is 391 g/mol. The standard InChI is InChI=1S/C25H42O3/c1-5-25-13-11-20-19(7-6-17-16-18(26)10-12-24(17,20)4)21(25)8-9-22(25)28-15-14-23(2,3)27/h6,18-22,26-27H,5,7-16H2,1-4H3. The number of rotatable bonds is 5. The molecule has 0 aromatic rings. The summed E-state index contributed by atoms with van der Waals surface area (Å²) in [5, 5.41) is 20.2. The molecule has 4 aliphatic carbocycles. The van der Waals surface area contributed by atoms with Crippen LogP contribution in [0.3, 0.4) is 0 Å². The zero-order chi connectivity index (χ0) is 20.2. The highest BCUT2D eigenvalue weighted by molar-refractivity contribution is 5.25. The van der Waals surface area contributed by atoms with Gasteiger partial charge in [-0.3, -0.25) is 0 Å². The van der Waals surface area contributed by atoms with E-state index in [0.29, 0.717) is 30.0 Å². The first-order valence-electron chi connectivity index (χ1n) is 11.9. The fraction of sp³-hybridized carbons (Fsp3) is 0.920. The van der Waals surface area contributed by atoms with Crippen molar-refractivity contribution in [2.75, 3.05) is 6.61 Å². The van der Waals surface area contributed by atoms with Gasteiger partial charge in [-0.2, -0.15) is 0 Å². The SMILES string of the molecule is CCC12CCC3C(CC=C4CC(O)CCC43C)C1CCC2OCCC(C)(C)O. The summed E-state index contributed by atoms with van der Waals surface area (Å²) in [6, 6.07) is 0. The zero-order valence-electron chi connectivity index (χ0n) is 18.5. The lowest BCUT2D eigenvalue weighted by atomic mass is 9.47. The van der Waals surface area contributed by atoms with Gasteiger partial charge in [0.15, 0.2) is 0 Å². The van der Waals surface area contributed by atoms with Crippen LogP contribution < -0.4 is 0 Å². The monoisotopic (exact) mass is 390 g/mol. The van der Waals surface area contributed by atoms with Crippen LogP contribution >= 0.6 is 0 Å². The number of allylic oxidation sites excluding steroid dienone is 1. The van der Waals surface area contributed by atoms with Crippen molar-refractivity contribution >= 4 is 0 Å². The first-order valence-corrected chi connectivity index (χ1v) is 11.9. The zero-order valence-corrected chi connectivity index (χ0v) is 18.5. The Bertz CT molecular complexity index is 605. The highest BCUT2D eigenvalue weighted by Crippen LogP contribution is 2.66. The van der Waals surface area contributed by atoms with Crippen LogP contribution in [0.1, 0.15) is 91.9 Å². The molecule has 0 saturated heterocycles. The lowest BCUT2D eigenvalue weighted by Gasteiger charge is -2.58. The van der Waals surface area contributed by atoms with Crippen molar-refractivity contribution in [1.82, 2.24) is 0 Å². The van der Waals surface area contributed by atoms with E-state index in [1.807, 2.05) is 13.8 Å². The predicted octanol–water partition coefficient (Wildman–Crippen LogP) is 5.25. The van der Waals surface area contributed by atoms with Gasteiger partial charge in [0.2, 0.25) is 0 Å². The van der Waals surface area contributed by atoms with Gasteiger partial charge in [-0.25, -0.2) is 0 Å². The largest absolute Gasteiger partial charge is 0.393 e. The van der Waals surface area contributed by atoms with E-state index in [0.717, 1.165) is 30.6 Å². The van der Waals surface area contributed by atoms with Gasteiger partial charge in [0, 0.05) is 6.61 Å². The summed E-state index contributed by atoms with van der Waals surface area (Å²) in [4.78, 5) is 0. The summed E-state index contributed by atoms with van der Waals surface area (Å²) in [6.07, 6.45) is 14.1. The molecular weight excluding hydrogens is 348 g/mol. The van der Waals surface area contributed by atoms with Gasteiger partial charge in [0.1, 0.15) is 0 Å². The molecule has 0 amide bonds. The molecule has 0 bridgehead atoms. The van der Waals surface area contributed by atoms with Gasteiger partial charge >= 0.3 is 0 Å². The summed E-state index contributed by atoms with van der Waals surface area (Å²) in [6.45, 7) is 9.32. The Balaban J connectivity index is 1.52. The van der Waals surface area contributed by atoms with Crippen molar-refractivity contribution in [3.8, 4) is 0 Å². The summed E-state index contributed by atoms with van der Waals surface area (Å²) in [5.74, 6) is 2.37. The van der Waals surface area contributed by atoms with Crippen LogP contribution in [0.4, 0.5) is 0 Å². The molecular formula is C25H42O3. The molecule has 0 spiro atoms. The lowest BCUT2D eigenvalue weighted by Crippen LogP contribution is -2.52. The lowest BCUT2D eigenvalue weighted by molar-refractivity contribution is -0.110. The Morgan fingerprint density at radius 2 is 1.93 bits per heavy atom. The van der Waals surface area contributed by atoms with E-state index in [9.17, 15) is 10.2 Å². The van der Waals surface area contributed by atoms with E-state index in [-0.39, 0.29) is 6.10 Å².